The lowest BCUT2D eigenvalue weighted by molar-refractivity contribution is 0.122. The maximum atomic E-state index is 5.48. The van der Waals surface area contributed by atoms with E-state index in [0.717, 1.165) is 51.2 Å². The van der Waals surface area contributed by atoms with Gasteiger partial charge >= 0.3 is 0 Å². The summed E-state index contributed by atoms with van der Waals surface area (Å²) in [6.45, 7) is 8.21. The lowest BCUT2D eigenvalue weighted by Gasteiger charge is -2.29. The molecule has 180 valence electrons. The van der Waals surface area contributed by atoms with E-state index in [4.69, 9.17) is 4.74 Å². The summed E-state index contributed by atoms with van der Waals surface area (Å²) in [5.74, 6) is 1.82. The van der Waals surface area contributed by atoms with E-state index < -0.39 is 0 Å². The van der Waals surface area contributed by atoms with Crippen LogP contribution in [0.15, 0.2) is 47.6 Å². The van der Waals surface area contributed by atoms with Crippen molar-refractivity contribution in [3.63, 3.8) is 0 Å². The molecule has 1 aromatic heterocycles. The Morgan fingerprint density at radius 3 is 2.36 bits per heavy atom. The fraction of sp³-hybridized carbons (Fsp3) is 0.520. The van der Waals surface area contributed by atoms with Crippen LogP contribution >= 0.6 is 24.0 Å². The van der Waals surface area contributed by atoms with Gasteiger partial charge in [-0.15, -0.1) is 24.0 Å². The number of anilines is 1. The molecule has 2 fully saturated rings. The minimum absolute atomic E-state index is 0. The average molecular weight is 565 g/mol. The fourth-order valence-corrected chi connectivity index (χ4v) is 4.35. The molecule has 0 bridgehead atoms. The van der Waals surface area contributed by atoms with Crippen molar-refractivity contribution in [1.82, 2.24) is 20.5 Å². The van der Waals surface area contributed by atoms with Crippen molar-refractivity contribution in [2.45, 2.75) is 38.9 Å². The number of pyridine rings is 1. The molecule has 0 amide bonds. The highest BCUT2D eigenvalue weighted by molar-refractivity contribution is 14.0. The highest BCUT2D eigenvalue weighted by atomic mass is 127. The Bertz CT molecular complexity index is 863. The molecule has 3 heterocycles. The van der Waals surface area contributed by atoms with Gasteiger partial charge in [0, 0.05) is 51.5 Å². The van der Waals surface area contributed by atoms with E-state index in [1.807, 2.05) is 19.3 Å². The highest BCUT2D eigenvalue weighted by Crippen LogP contribution is 2.18. The van der Waals surface area contributed by atoms with Crippen molar-refractivity contribution < 1.29 is 4.74 Å². The molecule has 0 spiro atoms. The molecule has 0 unspecified atom stereocenters. The molecule has 0 atom stereocenters. The zero-order chi connectivity index (χ0) is 22.0. The smallest absolute Gasteiger partial charge is 0.191 e. The van der Waals surface area contributed by atoms with Gasteiger partial charge in [-0.1, -0.05) is 36.8 Å². The zero-order valence-corrected chi connectivity index (χ0v) is 22.0. The summed E-state index contributed by atoms with van der Waals surface area (Å²) in [5, 5.41) is 6.87. The minimum atomic E-state index is 0. The van der Waals surface area contributed by atoms with Gasteiger partial charge in [0.25, 0.3) is 0 Å². The lowest BCUT2D eigenvalue weighted by atomic mass is 10.1. The second-order valence-corrected chi connectivity index (χ2v) is 8.52. The van der Waals surface area contributed by atoms with Gasteiger partial charge in [0.05, 0.1) is 13.2 Å². The molecule has 4 rings (SSSR count). The number of hydrogen-bond donors (Lipinski definition) is 2. The van der Waals surface area contributed by atoms with Crippen LogP contribution in [0.1, 0.15) is 36.0 Å². The van der Waals surface area contributed by atoms with Gasteiger partial charge in [0.1, 0.15) is 5.82 Å². The first-order chi connectivity index (χ1) is 15.8. The monoisotopic (exact) mass is 564 g/mol. The number of nitrogens with one attached hydrogen (secondary N) is 2. The number of guanidine groups is 1. The van der Waals surface area contributed by atoms with Crippen LogP contribution < -0.4 is 15.5 Å². The van der Waals surface area contributed by atoms with E-state index in [-0.39, 0.29) is 24.0 Å². The van der Waals surface area contributed by atoms with Crippen molar-refractivity contribution in [3.05, 3.63) is 59.3 Å². The van der Waals surface area contributed by atoms with Crippen LogP contribution in [0.5, 0.6) is 0 Å². The molecule has 2 aliphatic heterocycles. The maximum Gasteiger partial charge on any atom is 0.191 e. The molecule has 33 heavy (non-hydrogen) atoms. The first-order valence-corrected chi connectivity index (χ1v) is 11.8. The third kappa shape index (κ3) is 7.82. The van der Waals surface area contributed by atoms with Crippen molar-refractivity contribution in [2.75, 3.05) is 51.3 Å². The lowest BCUT2D eigenvalue weighted by Crippen LogP contribution is -2.39. The summed E-state index contributed by atoms with van der Waals surface area (Å²) in [7, 11) is 1.81. The van der Waals surface area contributed by atoms with E-state index in [1.54, 1.807) is 0 Å². The van der Waals surface area contributed by atoms with E-state index in [9.17, 15) is 0 Å². The maximum absolute atomic E-state index is 5.48. The topological polar surface area (TPSA) is 65.0 Å². The summed E-state index contributed by atoms with van der Waals surface area (Å²) >= 11 is 0. The number of benzene rings is 1. The number of ether oxygens (including phenoxy) is 1. The Balaban J connectivity index is 0.00000306. The minimum Gasteiger partial charge on any atom is -0.378 e. The quantitative estimate of drug-likeness (QED) is 0.306. The Hall–Kier alpha value is -1.91. The molecule has 2 aromatic rings. The van der Waals surface area contributed by atoms with Crippen LogP contribution in [0.25, 0.3) is 0 Å². The Kier molecular flexibility index (Phi) is 10.7. The molecular formula is C25H37IN6O. The molecule has 2 saturated heterocycles. The molecule has 0 saturated carbocycles. The van der Waals surface area contributed by atoms with Crippen molar-refractivity contribution >= 4 is 35.8 Å². The van der Waals surface area contributed by atoms with Crippen LogP contribution in [-0.4, -0.2) is 62.3 Å². The van der Waals surface area contributed by atoms with Crippen molar-refractivity contribution in [1.29, 1.82) is 0 Å². The Morgan fingerprint density at radius 2 is 1.64 bits per heavy atom. The molecule has 8 heteroatoms. The van der Waals surface area contributed by atoms with E-state index in [2.05, 4.69) is 60.7 Å². The number of aromatic nitrogens is 1. The zero-order valence-electron chi connectivity index (χ0n) is 19.6. The van der Waals surface area contributed by atoms with Crippen LogP contribution in [0, 0.1) is 0 Å². The SMILES string of the molecule is CN=C(NCc1ccc(CN2CCCCC2)cc1)NCc1cccnc1N1CCOCC1.I. The van der Waals surface area contributed by atoms with Crippen LogP contribution in [-0.2, 0) is 24.4 Å². The summed E-state index contributed by atoms with van der Waals surface area (Å²) < 4.78 is 5.48. The van der Waals surface area contributed by atoms with Crippen molar-refractivity contribution in [2.24, 2.45) is 4.99 Å². The van der Waals surface area contributed by atoms with E-state index in [1.165, 1.54) is 49.0 Å². The van der Waals surface area contributed by atoms with Crippen LogP contribution in [0.2, 0.25) is 0 Å². The van der Waals surface area contributed by atoms with Gasteiger partial charge in [-0.3, -0.25) is 9.89 Å². The number of halogens is 1. The van der Waals surface area contributed by atoms with E-state index in [0.29, 0.717) is 6.54 Å². The second kappa shape index (κ2) is 13.7. The van der Waals surface area contributed by atoms with Crippen molar-refractivity contribution in [3.8, 4) is 0 Å². The number of likely N-dealkylation sites (tertiary alicyclic amines) is 1. The molecular weight excluding hydrogens is 527 g/mol. The molecule has 0 radical (unpaired) electrons. The Morgan fingerprint density at radius 1 is 0.939 bits per heavy atom. The second-order valence-electron chi connectivity index (χ2n) is 8.52. The van der Waals surface area contributed by atoms with Gasteiger partial charge in [-0.25, -0.2) is 4.98 Å². The number of rotatable bonds is 7. The first-order valence-electron chi connectivity index (χ1n) is 11.8. The number of aliphatic imine (C=N–C) groups is 1. The number of morpholine rings is 1. The summed E-state index contributed by atoms with van der Waals surface area (Å²) in [4.78, 5) is 13.9. The first kappa shape index (κ1) is 25.7. The van der Waals surface area contributed by atoms with Crippen LogP contribution in [0.4, 0.5) is 5.82 Å². The standard InChI is InChI=1S/C25H36N6O.HI/c1-26-25(29-19-23-6-5-11-27-24(23)31-14-16-32-17-15-31)28-18-21-7-9-22(10-8-21)20-30-12-3-2-4-13-30;/h5-11H,2-4,12-20H2,1H3,(H2,26,28,29);1H. The third-order valence-corrected chi connectivity index (χ3v) is 6.19. The normalized spacial score (nSPS) is 17.4. The van der Waals surface area contributed by atoms with Gasteiger partial charge in [-0.2, -0.15) is 0 Å². The molecule has 7 nitrogen and oxygen atoms in total. The molecule has 1 aromatic carbocycles. The summed E-state index contributed by atoms with van der Waals surface area (Å²) in [5.41, 5.74) is 3.82. The number of hydrogen-bond acceptors (Lipinski definition) is 5. The number of piperidine rings is 1. The fourth-order valence-electron chi connectivity index (χ4n) is 4.35. The predicted molar refractivity (Wildman–Crippen MR) is 145 cm³/mol. The Labute approximate surface area is 215 Å². The summed E-state index contributed by atoms with van der Waals surface area (Å²) in [6, 6.07) is 13.1. The summed E-state index contributed by atoms with van der Waals surface area (Å²) in [6.07, 6.45) is 5.91. The molecule has 2 N–H and O–H groups in total. The van der Waals surface area contributed by atoms with E-state index >= 15 is 0 Å². The van der Waals surface area contributed by atoms with Crippen LogP contribution in [0.3, 0.4) is 0 Å². The van der Waals surface area contributed by atoms with Gasteiger partial charge in [0.2, 0.25) is 0 Å². The van der Waals surface area contributed by atoms with Gasteiger partial charge < -0.3 is 20.3 Å². The molecule has 0 aliphatic carbocycles. The largest absolute Gasteiger partial charge is 0.378 e. The number of nitrogens with zero attached hydrogens (tertiary/aromatic N) is 4. The molecule has 2 aliphatic rings. The third-order valence-electron chi connectivity index (χ3n) is 6.19. The highest BCUT2D eigenvalue weighted by Gasteiger charge is 2.16. The predicted octanol–water partition coefficient (Wildman–Crippen LogP) is 3.39. The van der Waals surface area contributed by atoms with Gasteiger partial charge in [-0.05, 0) is 43.1 Å². The average Bonchev–Trinajstić information content (AvgIpc) is 2.86. The van der Waals surface area contributed by atoms with Gasteiger partial charge in [0.15, 0.2) is 5.96 Å².